The van der Waals surface area contributed by atoms with E-state index < -0.39 is 0 Å². The molecule has 2 heteroatoms. The van der Waals surface area contributed by atoms with Crippen LogP contribution in [0.2, 0.25) is 0 Å². The Kier molecular flexibility index (Phi) is 0.770. The van der Waals surface area contributed by atoms with E-state index in [0.29, 0.717) is 11.9 Å². The van der Waals surface area contributed by atoms with E-state index in [-0.39, 0.29) is 0 Å². The van der Waals surface area contributed by atoms with Gasteiger partial charge in [0.15, 0.2) is 0 Å². The molecule has 1 atom stereocenters. The van der Waals surface area contributed by atoms with E-state index in [1.54, 1.807) is 0 Å². The van der Waals surface area contributed by atoms with E-state index in [1.807, 2.05) is 11.8 Å². The van der Waals surface area contributed by atoms with E-state index >= 15 is 0 Å². The average molecular weight is 123 g/mol. The molecule has 0 aromatic carbocycles. The fourth-order valence-electron chi connectivity index (χ4n) is 1.56. The first-order chi connectivity index (χ1) is 4.29. The highest BCUT2D eigenvalue weighted by Crippen LogP contribution is 2.32. The average Bonchev–Trinajstić information content (AvgIpc) is 2.04. The van der Waals surface area contributed by atoms with Gasteiger partial charge in [0, 0.05) is 18.2 Å². The largest absolute Gasteiger partial charge is 0.313 e. The molecule has 0 N–H and O–H groups in total. The minimum Gasteiger partial charge on any atom is -0.313 e. The van der Waals surface area contributed by atoms with Gasteiger partial charge in [0.05, 0.1) is 0 Å². The number of carbonyl (C=O) groups is 1. The summed E-state index contributed by atoms with van der Waals surface area (Å²) in [6.45, 7) is 2.00. The molecule has 2 heterocycles. The van der Waals surface area contributed by atoms with Gasteiger partial charge in [-0.05, 0) is 13.3 Å². The monoisotopic (exact) mass is 123 g/mol. The van der Waals surface area contributed by atoms with E-state index in [4.69, 9.17) is 0 Å². The van der Waals surface area contributed by atoms with Crippen LogP contribution in [0.25, 0.3) is 0 Å². The maximum Gasteiger partial charge on any atom is 0.229 e. The predicted octanol–water partition coefficient (Wildman–Crippen LogP) is 0.895. The number of β-lactam (4-membered cyclic amide) rings is 1. The van der Waals surface area contributed by atoms with Crippen LogP contribution >= 0.6 is 0 Å². The van der Waals surface area contributed by atoms with Crippen molar-refractivity contribution in [2.24, 2.45) is 0 Å². The number of hydrogen-bond acceptors (Lipinski definition) is 1. The third-order valence-electron chi connectivity index (χ3n) is 2.11. The van der Waals surface area contributed by atoms with E-state index in [1.165, 1.54) is 0 Å². The molecule has 2 nitrogen and oxygen atoms in total. The Labute approximate surface area is 54.1 Å². The minimum absolute atomic E-state index is 0.297. The lowest BCUT2D eigenvalue weighted by atomic mass is 10.0. The molecular weight excluding hydrogens is 114 g/mol. The molecule has 0 aromatic rings. The third kappa shape index (κ3) is 0.479. The van der Waals surface area contributed by atoms with Crippen LogP contribution in [0.5, 0.6) is 0 Å². The minimum atomic E-state index is 0.297. The molecule has 2 aliphatic heterocycles. The second-order valence-electron chi connectivity index (χ2n) is 2.70. The number of allylic oxidation sites excluding steroid dienone is 1. The van der Waals surface area contributed by atoms with Crippen LogP contribution in [-0.4, -0.2) is 16.8 Å². The van der Waals surface area contributed by atoms with Crippen LogP contribution in [0.1, 0.15) is 19.8 Å². The van der Waals surface area contributed by atoms with Crippen molar-refractivity contribution in [1.82, 2.24) is 4.90 Å². The van der Waals surface area contributed by atoms with Crippen molar-refractivity contribution in [3.05, 3.63) is 11.8 Å². The molecule has 1 fully saturated rings. The first-order valence-electron chi connectivity index (χ1n) is 3.28. The first kappa shape index (κ1) is 5.03. The van der Waals surface area contributed by atoms with Crippen molar-refractivity contribution in [1.29, 1.82) is 0 Å². The molecule has 0 spiro atoms. The molecule has 1 saturated heterocycles. The zero-order chi connectivity index (χ0) is 6.43. The van der Waals surface area contributed by atoms with Gasteiger partial charge in [-0.15, -0.1) is 0 Å². The van der Waals surface area contributed by atoms with E-state index in [2.05, 4.69) is 6.08 Å². The molecule has 48 valence electrons. The van der Waals surface area contributed by atoms with Gasteiger partial charge in [0.2, 0.25) is 5.91 Å². The highest BCUT2D eigenvalue weighted by molar-refractivity contribution is 5.85. The molecule has 2 rings (SSSR count). The fourth-order valence-corrected chi connectivity index (χ4v) is 1.56. The molecule has 0 unspecified atom stereocenters. The maximum atomic E-state index is 10.8. The Hall–Kier alpha value is -0.790. The number of carbonyl (C=O) groups excluding carboxylic acids is 1. The van der Waals surface area contributed by atoms with Crippen LogP contribution in [-0.2, 0) is 4.79 Å². The summed E-state index contributed by atoms with van der Waals surface area (Å²) in [5.74, 6) is 0.297. The zero-order valence-corrected chi connectivity index (χ0v) is 5.42. The van der Waals surface area contributed by atoms with Crippen LogP contribution in [0.15, 0.2) is 11.8 Å². The quantitative estimate of drug-likeness (QED) is 0.438. The number of hydrogen-bond donors (Lipinski definition) is 0. The lowest BCUT2D eigenvalue weighted by molar-refractivity contribution is -0.141. The summed E-state index contributed by atoms with van der Waals surface area (Å²) in [5.41, 5.74) is 1.15. The highest BCUT2D eigenvalue weighted by Gasteiger charge is 2.39. The first-order valence-corrected chi connectivity index (χ1v) is 3.28. The fraction of sp³-hybridized carbons (Fsp3) is 0.571. The third-order valence-corrected chi connectivity index (χ3v) is 2.11. The van der Waals surface area contributed by atoms with Crippen LogP contribution in [0.4, 0.5) is 0 Å². The topological polar surface area (TPSA) is 20.3 Å². The number of amides is 1. The molecule has 0 bridgehead atoms. The van der Waals surface area contributed by atoms with Gasteiger partial charge in [-0.1, -0.05) is 6.08 Å². The smallest absolute Gasteiger partial charge is 0.229 e. The summed E-state index contributed by atoms with van der Waals surface area (Å²) in [5, 5.41) is 0. The van der Waals surface area contributed by atoms with Gasteiger partial charge in [-0.2, -0.15) is 0 Å². The van der Waals surface area contributed by atoms with Gasteiger partial charge in [0.25, 0.3) is 0 Å². The highest BCUT2D eigenvalue weighted by atomic mass is 16.2. The predicted molar refractivity (Wildman–Crippen MR) is 33.6 cm³/mol. The number of rotatable bonds is 0. The Bertz CT molecular complexity index is 195. The molecule has 2 aliphatic rings. The Morgan fingerprint density at radius 3 is 3.00 bits per heavy atom. The number of nitrogens with zero attached hydrogens (tertiary/aromatic N) is 1. The second-order valence-corrected chi connectivity index (χ2v) is 2.70. The van der Waals surface area contributed by atoms with Crippen molar-refractivity contribution >= 4 is 5.91 Å². The summed E-state index contributed by atoms with van der Waals surface area (Å²) in [7, 11) is 0. The second kappa shape index (κ2) is 1.38. The molecule has 1 amide bonds. The molecule has 9 heavy (non-hydrogen) atoms. The Morgan fingerprint density at radius 1 is 1.78 bits per heavy atom. The summed E-state index contributed by atoms with van der Waals surface area (Å²) >= 11 is 0. The summed E-state index contributed by atoms with van der Waals surface area (Å²) in [6.07, 6.45) is 3.99. The lowest BCUT2D eigenvalue weighted by Crippen LogP contribution is -2.47. The SMILES string of the molecule is CC1=CC[C@@H]2CC(=O)N12. The van der Waals surface area contributed by atoms with Crippen LogP contribution < -0.4 is 0 Å². The van der Waals surface area contributed by atoms with E-state index in [9.17, 15) is 4.79 Å². The van der Waals surface area contributed by atoms with Crippen molar-refractivity contribution in [2.45, 2.75) is 25.8 Å². The van der Waals surface area contributed by atoms with E-state index in [0.717, 1.165) is 18.5 Å². The van der Waals surface area contributed by atoms with Gasteiger partial charge >= 0.3 is 0 Å². The van der Waals surface area contributed by atoms with Crippen LogP contribution in [0.3, 0.4) is 0 Å². The van der Waals surface area contributed by atoms with Gasteiger partial charge in [-0.3, -0.25) is 4.79 Å². The molecule has 0 radical (unpaired) electrons. The Balaban J connectivity index is 2.24. The molecule has 0 aromatic heterocycles. The molecule has 0 aliphatic carbocycles. The molecule has 0 saturated carbocycles. The van der Waals surface area contributed by atoms with Crippen molar-refractivity contribution in [2.75, 3.05) is 0 Å². The number of fused-ring (bicyclic) bond motifs is 1. The Morgan fingerprint density at radius 2 is 2.56 bits per heavy atom. The van der Waals surface area contributed by atoms with Gasteiger partial charge < -0.3 is 4.90 Å². The summed E-state index contributed by atoms with van der Waals surface area (Å²) < 4.78 is 0. The standard InChI is InChI=1S/C7H9NO/c1-5-2-3-6-4-7(9)8(5)6/h2,6H,3-4H2,1H3/t6-/m1/s1. The van der Waals surface area contributed by atoms with Crippen LogP contribution in [0, 0.1) is 0 Å². The normalized spacial score (nSPS) is 31.7. The summed E-state index contributed by atoms with van der Waals surface area (Å²) in [4.78, 5) is 12.7. The van der Waals surface area contributed by atoms with Gasteiger partial charge in [-0.25, -0.2) is 0 Å². The summed E-state index contributed by atoms with van der Waals surface area (Å²) in [6, 6.07) is 0.539. The zero-order valence-electron chi connectivity index (χ0n) is 5.42. The lowest BCUT2D eigenvalue weighted by Gasteiger charge is -2.35. The molecular formula is C7H9NO. The maximum absolute atomic E-state index is 10.8. The van der Waals surface area contributed by atoms with Gasteiger partial charge in [0.1, 0.15) is 0 Å². The van der Waals surface area contributed by atoms with Crippen molar-refractivity contribution < 1.29 is 4.79 Å². The van der Waals surface area contributed by atoms with Crippen molar-refractivity contribution in [3.8, 4) is 0 Å². The van der Waals surface area contributed by atoms with Crippen molar-refractivity contribution in [3.63, 3.8) is 0 Å².